The second kappa shape index (κ2) is 7.10. The molecule has 100 valence electrons. The highest BCUT2D eigenvalue weighted by Crippen LogP contribution is 1.98. The van der Waals surface area contributed by atoms with Crippen LogP contribution in [-0.4, -0.2) is 26.0 Å². The van der Waals surface area contributed by atoms with Gasteiger partial charge in [0.15, 0.2) is 0 Å². The van der Waals surface area contributed by atoms with E-state index in [1.54, 1.807) is 0 Å². The Morgan fingerprint density at radius 1 is 1.17 bits per heavy atom. The molecule has 1 aromatic rings. The van der Waals surface area contributed by atoms with Gasteiger partial charge in [0, 0.05) is 19.5 Å². The number of carboxylic acids is 1. The Kier molecular flexibility index (Phi) is 5.76. The van der Waals surface area contributed by atoms with Gasteiger partial charge in [-0.2, -0.15) is 13.1 Å². The van der Waals surface area contributed by atoms with Crippen LogP contribution in [0.15, 0.2) is 30.3 Å². The second-order valence-corrected chi connectivity index (χ2v) is 5.29. The molecule has 0 unspecified atom stereocenters. The molecule has 0 bridgehead atoms. The summed E-state index contributed by atoms with van der Waals surface area (Å²) in [6.45, 7) is 0.311. The molecule has 0 fully saturated rings. The summed E-state index contributed by atoms with van der Waals surface area (Å²) < 4.78 is 27.6. The zero-order valence-electron chi connectivity index (χ0n) is 9.80. The average molecular weight is 272 g/mol. The van der Waals surface area contributed by atoms with E-state index in [0.29, 0.717) is 0 Å². The fourth-order valence-corrected chi connectivity index (χ4v) is 2.14. The van der Waals surface area contributed by atoms with Crippen molar-refractivity contribution in [1.29, 1.82) is 0 Å². The predicted molar refractivity (Wildman–Crippen MR) is 67.1 cm³/mol. The van der Waals surface area contributed by atoms with Crippen molar-refractivity contribution in [3.63, 3.8) is 0 Å². The Labute approximate surface area is 106 Å². The molecule has 0 radical (unpaired) electrons. The maximum absolute atomic E-state index is 11.5. The molecule has 1 aromatic carbocycles. The Morgan fingerprint density at radius 2 is 1.83 bits per heavy atom. The van der Waals surface area contributed by atoms with Gasteiger partial charge in [-0.05, 0) is 12.0 Å². The van der Waals surface area contributed by atoms with Crippen molar-refractivity contribution in [3.05, 3.63) is 35.9 Å². The third-order valence-corrected chi connectivity index (χ3v) is 3.28. The number of benzene rings is 1. The van der Waals surface area contributed by atoms with Gasteiger partial charge in [-0.25, -0.2) is 4.72 Å². The summed E-state index contributed by atoms with van der Waals surface area (Å²) in [5, 5.41) is 8.40. The maximum Gasteiger partial charge on any atom is 0.303 e. The van der Waals surface area contributed by atoms with E-state index in [1.807, 2.05) is 30.3 Å². The van der Waals surface area contributed by atoms with Crippen LogP contribution >= 0.6 is 0 Å². The molecule has 18 heavy (non-hydrogen) atoms. The van der Waals surface area contributed by atoms with Crippen LogP contribution in [0.1, 0.15) is 18.4 Å². The third kappa shape index (κ3) is 6.33. The lowest BCUT2D eigenvalue weighted by Gasteiger charge is -2.07. The largest absolute Gasteiger partial charge is 0.481 e. The van der Waals surface area contributed by atoms with Crippen molar-refractivity contribution < 1.29 is 18.3 Å². The first kappa shape index (κ1) is 14.6. The van der Waals surface area contributed by atoms with E-state index in [0.717, 1.165) is 5.56 Å². The van der Waals surface area contributed by atoms with Crippen molar-refractivity contribution in [2.24, 2.45) is 0 Å². The quantitative estimate of drug-likeness (QED) is 0.600. The Balaban J connectivity index is 2.30. The lowest BCUT2D eigenvalue weighted by molar-refractivity contribution is -0.137. The van der Waals surface area contributed by atoms with E-state index < -0.39 is 16.2 Å². The van der Waals surface area contributed by atoms with Crippen molar-refractivity contribution in [1.82, 2.24) is 9.44 Å². The van der Waals surface area contributed by atoms with E-state index in [9.17, 15) is 13.2 Å². The molecule has 1 rings (SSSR count). The molecule has 0 aliphatic heterocycles. The van der Waals surface area contributed by atoms with Crippen molar-refractivity contribution in [3.8, 4) is 0 Å². The number of carbonyl (C=O) groups is 1. The Hall–Kier alpha value is -1.44. The first-order valence-corrected chi connectivity index (χ1v) is 6.98. The summed E-state index contributed by atoms with van der Waals surface area (Å²) in [6, 6.07) is 9.12. The van der Waals surface area contributed by atoms with Crippen LogP contribution in [0.2, 0.25) is 0 Å². The van der Waals surface area contributed by atoms with E-state index in [2.05, 4.69) is 9.44 Å². The molecule has 0 saturated carbocycles. The van der Waals surface area contributed by atoms with Crippen molar-refractivity contribution in [2.45, 2.75) is 19.4 Å². The fraction of sp³-hybridized carbons (Fsp3) is 0.364. The van der Waals surface area contributed by atoms with Gasteiger partial charge < -0.3 is 5.11 Å². The van der Waals surface area contributed by atoms with Crippen molar-refractivity contribution in [2.75, 3.05) is 6.54 Å². The number of carboxylic acid groups (broad SMARTS) is 1. The van der Waals surface area contributed by atoms with Crippen LogP contribution in [0.3, 0.4) is 0 Å². The zero-order chi connectivity index (χ0) is 13.4. The fourth-order valence-electron chi connectivity index (χ4n) is 1.27. The Morgan fingerprint density at radius 3 is 2.44 bits per heavy atom. The van der Waals surface area contributed by atoms with Gasteiger partial charge in [0.2, 0.25) is 0 Å². The SMILES string of the molecule is O=C(O)CCCNS(=O)(=O)NCc1ccccc1. The molecule has 0 heterocycles. The first-order chi connectivity index (χ1) is 8.49. The van der Waals surface area contributed by atoms with E-state index >= 15 is 0 Å². The molecule has 0 amide bonds. The molecule has 0 saturated heterocycles. The van der Waals surface area contributed by atoms with E-state index in [-0.39, 0.29) is 25.9 Å². The monoisotopic (exact) mass is 272 g/mol. The van der Waals surface area contributed by atoms with Gasteiger partial charge in [-0.3, -0.25) is 4.79 Å². The Bertz CT molecular complexity index is 473. The summed E-state index contributed by atoms with van der Waals surface area (Å²) in [6.07, 6.45) is 0.211. The zero-order valence-corrected chi connectivity index (χ0v) is 10.6. The smallest absolute Gasteiger partial charge is 0.303 e. The molecule has 0 aromatic heterocycles. The summed E-state index contributed by atoms with van der Waals surface area (Å²) in [5.41, 5.74) is 0.855. The van der Waals surface area contributed by atoms with Gasteiger partial charge in [-0.15, -0.1) is 0 Å². The molecule has 3 N–H and O–H groups in total. The summed E-state index contributed by atoms with van der Waals surface area (Å²) >= 11 is 0. The third-order valence-electron chi connectivity index (χ3n) is 2.17. The second-order valence-electron chi connectivity index (χ2n) is 3.70. The highest BCUT2D eigenvalue weighted by molar-refractivity contribution is 7.87. The highest BCUT2D eigenvalue weighted by Gasteiger charge is 2.08. The van der Waals surface area contributed by atoms with Gasteiger partial charge in [-0.1, -0.05) is 30.3 Å². The number of hydrogen-bond acceptors (Lipinski definition) is 3. The van der Waals surface area contributed by atoms with Gasteiger partial charge in [0.25, 0.3) is 10.2 Å². The highest BCUT2D eigenvalue weighted by atomic mass is 32.2. The topological polar surface area (TPSA) is 95.5 Å². The van der Waals surface area contributed by atoms with Crippen LogP contribution in [0, 0.1) is 0 Å². The lowest BCUT2D eigenvalue weighted by Crippen LogP contribution is -2.36. The number of nitrogens with one attached hydrogen (secondary N) is 2. The van der Waals surface area contributed by atoms with Crippen LogP contribution in [0.5, 0.6) is 0 Å². The normalized spacial score (nSPS) is 11.3. The van der Waals surface area contributed by atoms with Gasteiger partial charge in [0.05, 0.1) is 0 Å². The predicted octanol–water partition coefficient (Wildman–Crippen LogP) is 0.475. The van der Waals surface area contributed by atoms with Gasteiger partial charge >= 0.3 is 5.97 Å². The molecular formula is C11H16N2O4S. The first-order valence-electron chi connectivity index (χ1n) is 5.49. The van der Waals surface area contributed by atoms with Crippen LogP contribution < -0.4 is 9.44 Å². The molecular weight excluding hydrogens is 256 g/mol. The van der Waals surface area contributed by atoms with Gasteiger partial charge in [0.1, 0.15) is 0 Å². The minimum Gasteiger partial charge on any atom is -0.481 e. The maximum atomic E-state index is 11.5. The van der Waals surface area contributed by atoms with E-state index in [1.165, 1.54) is 0 Å². The standard InChI is InChI=1S/C11H16N2O4S/c14-11(15)7-4-8-12-18(16,17)13-9-10-5-2-1-3-6-10/h1-3,5-6,12-13H,4,7-9H2,(H,14,15). The number of hydrogen-bond donors (Lipinski definition) is 3. The van der Waals surface area contributed by atoms with E-state index in [4.69, 9.17) is 5.11 Å². The molecule has 7 heteroatoms. The molecule has 0 atom stereocenters. The minimum absolute atomic E-state index is 0.0544. The molecule has 0 spiro atoms. The molecule has 0 aliphatic carbocycles. The average Bonchev–Trinajstić information content (AvgIpc) is 2.34. The summed E-state index contributed by atoms with van der Waals surface area (Å²) in [4.78, 5) is 10.2. The lowest BCUT2D eigenvalue weighted by atomic mass is 10.2. The molecule has 6 nitrogen and oxygen atoms in total. The van der Waals surface area contributed by atoms with Crippen molar-refractivity contribution >= 4 is 16.2 Å². The summed E-state index contributed by atoms with van der Waals surface area (Å²) in [5.74, 6) is -0.938. The van der Waals surface area contributed by atoms with Crippen LogP contribution in [0.25, 0.3) is 0 Å². The van der Waals surface area contributed by atoms with Crippen LogP contribution in [-0.2, 0) is 21.5 Å². The minimum atomic E-state index is -3.57. The van der Waals surface area contributed by atoms with Crippen LogP contribution in [0.4, 0.5) is 0 Å². The summed E-state index contributed by atoms with van der Waals surface area (Å²) in [7, 11) is -3.57. The number of rotatable bonds is 8. The number of aliphatic carboxylic acids is 1. The molecule has 0 aliphatic rings.